The second-order valence-corrected chi connectivity index (χ2v) is 8.14. The number of hydrogen-bond acceptors (Lipinski definition) is 4. The molecule has 2 heterocycles. The first-order valence-corrected chi connectivity index (χ1v) is 9.91. The predicted molar refractivity (Wildman–Crippen MR) is 102 cm³/mol. The first-order valence-electron chi connectivity index (χ1n) is 8.30. The maximum Gasteiger partial charge on any atom is 0.255 e. The molecular weight excluding hydrogens is 350 g/mol. The van der Waals surface area contributed by atoms with E-state index in [1.807, 2.05) is 24.3 Å². The summed E-state index contributed by atoms with van der Waals surface area (Å²) in [6.45, 7) is 0.445. The number of para-hydroxylation sites is 1. The van der Waals surface area contributed by atoms with Crippen LogP contribution in [0.25, 0.3) is 10.9 Å². The lowest BCUT2D eigenvalue weighted by atomic mass is 10.1. The van der Waals surface area contributed by atoms with Crippen LogP contribution in [-0.4, -0.2) is 31.6 Å². The van der Waals surface area contributed by atoms with E-state index >= 15 is 0 Å². The number of rotatable bonds is 3. The highest BCUT2D eigenvalue weighted by molar-refractivity contribution is 7.93. The summed E-state index contributed by atoms with van der Waals surface area (Å²) in [5.74, 6) is -0.160. The minimum atomic E-state index is -3.28. The predicted octanol–water partition coefficient (Wildman–Crippen LogP) is 3.03. The van der Waals surface area contributed by atoms with Gasteiger partial charge in [0, 0.05) is 23.7 Å². The number of carbonyl (C=O) groups is 1. The van der Waals surface area contributed by atoms with Gasteiger partial charge in [-0.3, -0.25) is 14.1 Å². The average molecular weight is 367 g/mol. The van der Waals surface area contributed by atoms with E-state index in [-0.39, 0.29) is 11.7 Å². The van der Waals surface area contributed by atoms with Gasteiger partial charge in [0.25, 0.3) is 5.91 Å². The van der Waals surface area contributed by atoms with E-state index in [0.717, 1.165) is 5.39 Å². The Morgan fingerprint density at radius 3 is 2.69 bits per heavy atom. The fourth-order valence-corrected chi connectivity index (χ4v) is 4.69. The van der Waals surface area contributed by atoms with Crippen molar-refractivity contribution >= 4 is 38.2 Å². The Balaban J connectivity index is 1.64. The highest BCUT2D eigenvalue weighted by atomic mass is 32.2. The van der Waals surface area contributed by atoms with E-state index in [0.29, 0.717) is 35.4 Å². The number of nitrogens with one attached hydrogen (secondary N) is 1. The van der Waals surface area contributed by atoms with Gasteiger partial charge in [-0.15, -0.1) is 0 Å². The molecule has 0 aliphatic carbocycles. The molecule has 1 saturated heterocycles. The summed E-state index contributed by atoms with van der Waals surface area (Å²) in [5.41, 5.74) is 2.25. The van der Waals surface area contributed by atoms with Crippen molar-refractivity contribution in [3.05, 3.63) is 66.4 Å². The normalized spacial score (nSPS) is 15.9. The molecule has 4 rings (SSSR count). The Morgan fingerprint density at radius 2 is 1.88 bits per heavy atom. The smallest absolute Gasteiger partial charge is 0.255 e. The van der Waals surface area contributed by atoms with Gasteiger partial charge < -0.3 is 5.32 Å². The number of aromatic nitrogens is 1. The number of fused-ring (bicyclic) bond motifs is 1. The minimum Gasteiger partial charge on any atom is -0.320 e. The second kappa shape index (κ2) is 6.42. The maximum atomic E-state index is 12.7. The fraction of sp³-hybridized carbons (Fsp3) is 0.158. The molecule has 1 aliphatic rings. The molecule has 1 amide bonds. The monoisotopic (exact) mass is 367 g/mol. The highest BCUT2D eigenvalue weighted by Gasteiger charge is 2.28. The van der Waals surface area contributed by atoms with Crippen molar-refractivity contribution in [1.82, 2.24) is 4.98 Å². The van der Waals surface area contributed by atoms with Crippen molar-refractivity contribution in [1.29, 1.82) is 0 Å². The molecule has 1 N–H and O–H groups in total. The summed E-state index contributed by atoms with van der Waals surface area (Å²) in [6, 6.07) is 16.0. The average Bonchev–Trinajstić information content (AvgIpc) is 3.01. The molecule has 2 aromatic carbocycles. The summed E-state index contributed by atoms with van der Waals surface area (Å²) in [7, 11) is -3.28. The van der Waals surface area contributed by atoms with E-state index in [2.05, 4.69) is 10.3 Å². The lowest BCUT2D eigenvalue weighted by Gasteiger charge is -2.17. The maximum absolute atomic E-state index is 12.7. The number of anilines is 2. The van der Waals surface area contributed by atoms with Crippen LogP contribution < -0.4 is 9.62 Å². The highest BCUT2D eigenvalue weighted by Crippen LogP contribution is 2.26. The molecule has 0 radical (unpaired) electrons. The van der Waals surface area contributed by atoms with Gasteiger partial charge in [0.1, 0.15) is 0 Å². The molecule has 0 bridgehead atoms. The molecule has 132 valence electrons. The zero-order chi connectivity index (χ0) is 18.1. The number of pyridine rings is 1. The summed E-state index contributed by atoms with van der Waals surface area (Å²) in [4.78, 5) is 17.0. The zero-order valence-corrected chi connectivity index (χ0v) is 14.7. The van der Waals surface area contributed by atoms with Crippen molar-refractivity contribution in [3.63, 3.8) is 0 Å². The number of sulfonamides is 1. The Labute approximate surface area is 151 Å². The standard InChI is InChI=1S/C19H17N3O3S/c23-19(21-17-9-2-5-14-7-3-10-20-18(14)17)15-6-1-8-16(13-15)22-11-4-12-26(22,24)25/h1-3,5-10,13H,4,11-12H2,(H,21,23). The van der Waals surface area contributed by atoms with Gasteiger partial charge >= 0.3 is 0 Å². The number of benzene rings is 2. The number of nitrogens with zero attached hydrogens (tertiary/aromatic N) is 2. The van der Waals surface area contributed by atoms with Gasteiger partial charge in [-0.1, -0.05) is 24.3 Å². The molecule has 6 nitrogen and oxygen atoms in total. The van der Waals surface area contributed by atoms with Gasteiger partial charge in [0.2, 0.25) is 10.0 Å². The van der Waals surface area contributed by atoms with Crippen LogP contribution in [-0.2, 0) is 10.0 Å². The summed E-state index contributed by atoms with van der Waals surface area (Å²) in [5, 5.41) is 3.80. The molecule has 7 heteroatoms. The SMILES string of the molecule is O=C(Nc1cccc2cccnc12)c1cccc(N2CCCS2(=O)=O)c1. The third-order valence-electron chi connectivity index (χ3n) is 4.38. The Kier molecular flexibility index (Phi) is 4.08. The first kappa shape index (κ1) is 16.5. The van der Waals surface area contributed by atoms with E-state index < -0.39 is 10.0 Å². The van der Waals surface area contributed by atoms with Crippen LogP contribution in [0.4, 0.5) is 11.4 Å². The van der Waals surface area contributed by atoms with Gasteiger partial charge in [0.15, 0.2) is 0 Å². The summed E-state index contributed by atoms with van der Waals surface area (Å²) >= 11 is 0. The van der Waals surface area contributed by atoms with Crippen LogP contribution in [0.15, 0.2) is 60.8 Å². The quantitative estimate of drug-likeness (QED) is 0.772. The van der Waals surface area contributed by atoms with Crippen LogP contribution in [0.3, 0.4) is 0 Å². The molecule has 1 aliphatic heterocycles. The number of hydrogen-bond donors (Lipinski definition) is 1. The van der Waals surface area contributed by atoms with Crippen molar-refractivity contribution in [2.45, 2.75) is 6.42 Å². The number of amides is 1. The Hall–Kier alpha value is -2.93. The van der Waals surface area contributed by atoms with E-state index in [4.69, 9.17) is 0 Å². The molecule has 1 aromatic heterocycles. The van der Waals surface area contributed by atoms with Crippen molar-refractivity contribution in [3.8, 4) is 0 Å². The Bertz CT molecular complexity index is 1090. The van der Waals surface area contributed by atoms with Crippen LogP contribution in [0.5, 0.6) is 0 Å². The van der Waals surface area contributed by atoms with Gasteiger partial charge in [-0.05, 0) is 36.8 Å². The minimum absolute atomic E-state index is 0.144. The molecule has 0 saturated carbocycles. The topological polar surface area (TPSA) is 79.4 Å². The van der Waals surface area contributed by atoms with Crippen LogP contribution in [0, 0.1) is 0 Å². The lowest BCUT2D eigenvalue weighted by Crippen LogP contribution is -2.25. The molecule has 0 spiro atoms. The molecular formula is C19H17N3O3S. The second-order valence-electron chi connectivity index (χ2n) is 6.13. The summed E-state index contributed by atoms with van der Waals surface area (Å²) < 4.78 is 25.6. The molecule has 1 fully saturated rings. The Morgan fingerprint density at radius 1 is 1.08 bits per heavy atom. The summed E-state index contributed by atoms with van der Waals surface area (Å²) in [6.07, 6.45) is 2.28. The molecule has 3 aromatic rings. The van der Waals surface area contributed by atoms with Crippen molar-refractivity contribution in [2.75, 3.05) is 21.9 Å². The van der Waals surface area contributed by atoms with Crippen LogP contribution in [0.2, 0.25) is 0 Å². The van der Waals surface area contributed by atoms with Gasteiger partial charge in [-0.2, -0.15) is 0 Å². The van der Waals surface area contributed by atoms with Gasteiger partial charge in [-0.25, -0.2) is 8.42 Å². The van der Waals surface area contributed by atoms with E-state index in [1.165, 1.54) is 4.31 Å². The van der Waals surface area contributed by atoms with Crippen LogP contribution in [0.1, 0.15) is 16.8 Å². The third-order valence-corrected chi connectivity index (χ3v) is 6.25. The van der Waals surface area contributed by atoms with E-state index in [9.17, 15) is 13.2 Å². The molecule has 0 unspecified atom stereocenters. The molecule has 26 heavy (non-hydrogen) atoms. The first-order chi connectivity index (χ1) is 12.5. The van der Waals surface area contributed by atoms with Gasteiger partial charge in [0.05, 0.1) is 22.6 Å². The number of carbonyl (C=O) groups excluding carboxylic acids is 1. The van der Waals surface area contributed by atoms with Crippen molar-refractivity contribution in [2.24, 2.45) is 0 Å². The largest absolute Gasteiger partial charge is 0.320 e. The third kappa shape index (κ3) is 3.01. The molecule has 0 atom stereocenters. The van der Waals surface area contributed by atoms with E-state index in [1.54, 1.807) is 36.5 Å². The van der Waals surface area contributed by atoms with Crippen LogP contribution >= 0.6 is 0 Å². The lowest BCUT2D eigenvalue weighted by molar-refractivity contribution is 0.102. The fourth-order valence-electron chi connectivity index (χ4n) is 3.13. The zero-order valence-electron chi connectivity index (χ0n) is 13.9. The van der Waals surface area contributed by atoms with Crippen molar-refractivity contribution < 1.29 is 13.2 Å².